The summed E-state index contributed by atoms with van der Waals surface area (Å²) in [6, 6.07) is 8.08. The Labute approximate surface area is 164 Å². The predicted molar refractivity (Wildman–Crippen MR) is 109 cm³/mol. The Morgan fingerprint density at radius 3 is 3.04 bits per heavy atom. The first kappa shape index (κ1) is 21.1. The van der Waals surface area contributed by atoms with Crippen LogP contribution < -0.4 is 5.43 Å². The van der Waals surface area contributed by atoms with Crippen LogP contribution in [0.5, 0.6) is 0 Å². The number of carbonyl (C=O) groups is 1. The lowest BCUT2D eigenvalue weighted by molar-refractivity contribution is -0.142. The fraction of sp³-hybridized carbons (Fsp3) is 0.450. The number of hydrazone groups is 1. The van der Waals surface area contributed by atoms with Crippen LogP contribution in [0, 0.1) is 0 Å². The third-order valence-corrected chi connectivity index (χ3v) is 4.46. The van der Waals surface area contributed by atoms with Gasteiger partial charge in [0.2, 0.25) is 5.13 Å². The van der Waals surface area contributed by atoms with Gasteiger partial charge in [0.1, 0.15) is 0 Å². The first-order valence-electron chi connectivity index (χ1n) is 9.27. The molecule has 27 heavy (non-hydrogen) atoms. The summed E-state index contributed by atoms with van der Waals surface area (Å²) in [5.41, 5.74) is 5.69. The highest BCUT2D eigenvalue weighted by atomic mass is 32.1. The minimum Gasteiger partial charge on any atom is -0.466 e. The van der Waals surface area contributed by atoms with Crippen molar-refractivity contribution in [3.05, 3.63) is 46.5 Å². The van der Waals surface area contributed by atoms with Crippen molar-refractivity contribution in [2.45, 2.75) is 46.1 Å². The third-order valence-electron chi connectivity index (χ3n) is 3.67. The molecule has 1 heterocycles. The van der Waals surface area contributed by atoms with E-state index < -0.39 is 0 Å². The Hall–Kier alpha value is -2.25. The second kappa shape index (κ2) is 12.2. The van der Waals surface area contributed by atoms with Crippen molar-refractivity contribution in [3.8, 4) is 0 Å². The summed E-state index contributed by atoms with van der Waals surface area (Å²) in [6.07, 6.45) is 5.43. The van der Waals surface area contributed by atoms with E-state index in [2.05, 4.69) is 28.5 Å². The molecule has 0 aliphatic rings. The van der Waals surface area contributed by atoms with Crippen LogP contribution in [0.2, 0.25) is 0 Å². The number of thiazole rings is 1. The fourth-order valence-corrected chi connectivity index (χ4v) is 3.03. The molecule has 0 amide bonds. The Morgan fingerprint density at radius 1 is 1.33 bits per heavy atom. The van der Waals surface area contributed by atoms with Gasteiger partial charge in [0.25, 0.3) is 0 Å². The van der Waals surface area contributed by atoms with Gasteiger partial charge in [-0.2, -0.15) is 5.10 Å². The van der Waals surface area contributed by atoms with Gasteiger partial charge in [-0.15, -0.1) is 11.3 Å². The molecule has 6 nitrogen and oxygen atoms in total. The number of anilines is 1. The smallest absolute Gasteiger partial charge is 0.311 e. The number of nitrogens with one attached hydrogen (secondary N) is 1. The van der Waals surface area contributed by atoms with Crippen molar-refractivity contribution >= 4 is 28.7 Å². The van der Waals surface area contributed by atoms with Crippen LogP contribution in [0.3, 0.4) is 0 Å². The standard InChI is InChI=1S/C20H27N3O3S/c1-3-5-6-10-25-14-17-9-7-8-16(11-17)13-21-23-20-22-18(15-27-20)12-19(24)26-4-2/h7-9,11,13,15H,3-6,10,12,14H2,1-2H3,(H,22,23). The summed E-state index contributed by atoms with van der Waals surface area (Å²) in [6.45, 7) is 5.76. The third kappa shape index (κ3) is 8.32. The molecule has 0 saturated heterocycles. The zero-order valence-corrected chi connectivity index (χ0v) is 16.8. The highest BCUT2D eigenvalue weighted by Crippen LogP contribution is 2.16. The molecule has 1 N–H and O–H groups in total. The van der Waals surface area contributed by atoms with Crippen molar-refractivity contribution < 1.29 is 14.3 Å². The van der Waals surface area contributed by atoms with Gasteiger partial charge in [0.05, 0.1) is 31.5 Å². The molecule has 0 bridgehead atoms. The maximum absolute atomic E-state index is 11.5. The van der Waals surface area contributed by atoms with E-state index in [-0.39, 0.29) is 12.4 Å². The fourth-order valence-electron chi connectivity index (χ4n) is 2.37. The van der Waals surface area contributed by atoms with Gasteiger partial charge in [0.15, 0.2) is 0 Å². The second-order valence-electron chi connectivity index (χ2n) is 6.00. The lowest BCUT2D eigenvalue weighted by atomic mass is 10.1. The van der Waals surface area contributed by atoms with Gasteiger partial charge in [-0.3, -0.25) is 10.2 Å². The Morgan fingerprint density at radius 2 is 2.22 bits per heavy atom. The van der Waals surface area contributed by atoms with Gasteiger partial charge in [-0.1, -0.05) is 38.0 Å². The molecule has 7 heteroatoms. The summed E-state index contributed by atoms with van der Waals surface area (Å²) < 4.78 is 10.6. The molecule has 0 unspecified atom stereocenters. The first-order valence-corrected chi connectivity index (χ1v) is 10.1. The van der Waals surface area contributed by atoms with Crippen molar-refractivity contribution in [1.29, 1.82) is 0 Å². The number of ether oxygens (including phenoxy) is 2. The number of rotatable bonds is 12. The summed E-state index contributed by atoms with van der Waals surface area (Å²) in [5, 5.41) is 6.68. The minimum atomic E-state index is -0.272. The highest BCUT2D eigenvalue weighted by Gasteiger charge is 2.07. The molecular formula is C20H27N3O3S. The van der Waals surface area contributed by atoms with Gasteiger partial charge in [-0.25, -0.2) is 4.98 Å². The number of esters is 1. The van der Waals surface area contributed by atoms with E-state index in [9.17, 15) is 4.79 Å². The van der Waals surface area contributed by atoms with E-state index in [1.54, 1.807) is 13.1 Å². The molecule has 1 aromatic carbocycles. The monoisotopic (exact) mass is 389 g/mol. The topological polar surface area (TPSA) is 72.8 Å². The zero-order chi connectivity index (χ0) is 19.3. The summed E-state index contributed by atoms with van der Waals surface area (Å²) >= 11 is 1.40. The normalized spacial score (nSPS) is 11.0. The van der Waals surface area contributed by atoms with Crippen LogP contribution in [0.15, 0.2) is 34.7 Å². The average Bonchev–Trinajstić information content (AvgIpc) is 3.09. The molecular weight excluding hydrogens is 362 g/mol. The van der Waals surface area contributed by atoms with Crippen molar-refractivity contribution in [2.24, 2.45) is 5.10 Å². The number of hydrogen-bond acceptors (Lipinski definition) is 7. The molecule has 2 aromatic rings. The largest absolute Gasteiger partial charge is 0.466 e. The van der Waals surface area contributed by atoms with Gasteiger partial charge < -0.3 is 9.47 Å². The van der Waals surface area contributed by atoms with E-state index >= 15 is 0 Å². The molecule has 0 saturated carbocycles. The van der Waals surface area contributed by atoms with Crippen LogP contribution in [-0.4, -0.2) is 30.4 Å². The highest BCUT2D eigenvalue weighted by molar-refractivity contribution is 7.13. The van der Waals surface area contributed by atoms with Crippen molar-refractivity contribution in [3.63, 3.8) is 0 Å². The number of benzene rings is 1. The molecule has 0 aliphatic heterocycles. The predicted octanol–water partition coefficient (Wildman–Crippen LogP) is 4.40. The van der Waals surface area contributed by atoms with E-state index in [0.717, 1.165) is 24.2 Å². The summed E-state index contributed by atoms with van der Waals surface area (Å²) in [7, 11) is 0. The quantitative estimate of drug-likeness (QED) is 0.252. The van der Waals surface area contributed by atoms with E-state index in [1.165, 1.54) is 24.2 Å². The molecule has 0 spiro atoms. The van der Waals surface area contributed by atoms with E-state index in [0.29, 0.717) is 24.0 Å². The van der Waals surface area contributed by atoms with Crippen LogP contribution in [0.4, 0.5) is 5.13 Å². The lowest BCUT2D eigenvalue weighted by Gasteiger charge is -2.04. The van der Waals surface area contributed by atoms with E-state index in [1.807, 2.05) is 23.6 Å². The van der Waals surface area contributed by atoms with Crippen molar-refractivity contribution in [1.82, 2.24) is 4.98 Å². The van der Waals surface area contributed by atoms with Crippen molar-refractivity contribution in [2.75, 3.05) is 18.6 Å². The van der Waals surface area contributed by atoms with Crippen LogP contribution in [0.1, 0.15) is 49.9 Å². The first-order chi connectivity index (χ1) is 13.2. The number of hydrogen-bond donors (Lipinski definition) is 1. The summed E-state index contributed by atoms with van der Waals surface area (Å²) in [4.78, 5) is 15.8. The zero-order valence-electron chi connectivity index (χ0n) is 15.9. The van der Waals surface area contributed by atoms with Gasteiger partial charge >= 0.3 is 5.97 Å². The Bertz CT molecular complexity index is 731. The average molecular weight is 390 g/mol. The molecule has 0 fully saturated rings. The minimum absolute atomic E-state index is 0.177. The second-order valence-corrected chi connectivity index (χ2v) is 6.86. The van der Waals surface area contributed by atoms with E-state index in [4.69, 9.17) is 9.47 Å². The maximum Gasteiger partial charge on any atom is 0.311 e. The Kier molecular flexibility index (Phi) is 9.51. The number of aromatic nitrogens is 1. The van der Waals surface area contributed by atoms with Gasteiger partial charge in [0, 0.05) is 12.0 Å². The van der Waals surface area contributed by atoms with Crippen LogP contribution in [0.25, 0.3) is 0 Å². The number of unbranched alkanes of at least 4 members (excludes halogenated alkanes) is 2. The van der Waals surface area contributed by atoms with Crippen LogP contribution in [-0.2, 0) is 27.3 Å². The Balaban J connectivity index is 1.79. The molecule has 146 valence electrons. The molecule has 2 rings (SSSR count). The lowest BCUT2D eigenvalue weighted by Crippen LogP contribution is -2.07. The molecule has 0 aliphatic carbocycles. The maximum atomic E-state index is 11.5. The van der Waals surface area contributed by atoms with Gasteiger partial charge in [-0.05, 0) is 30.5 Å². The number of carbonyl (C=O) groups excluding carboxylic acids is 1. The summed E-state index contributed by atoms with van der Waals surface area (Å²) in [5.74, 6) is -0.272. The molecule has 0 atom stereocenters. The SMILES string of the molecule is CCCCCOCc1cccc(C=NNc2nc(CC(=O)OCC)cs2)c1. The number of nitrogens with zero attached hydrogens (tertiary/aromatic N) is 2. The molecule has 0 radical (unpaired) electrons. The van der Waals surface area contributed by atoms with Crippen LogP contribution >= 0.6 is 11.3 Å². The molecule has 1 aromatic heterocycles.